The van der Waals surface area contributed by atoms with E-state index < -0.39 is 0 Å². The maximum atomic E-state index is 2.12. The van der Waals surface area contributed by atoms with Crippen LogP contribution in [0.15, 0.2) is 60.7 Å². The second kappa shape index (κ2) is 7.29. The molecule has 0 bridgehead atoms. The van der Waals surface area contributed by atoms with Gasteiger partial charge < -0.3 is 0 Å². The first-order valence-corrected chi connectivity index (χ1v) is 4.73. The van der Waals surface area contributed by atoms with Gasteiger partial charge in [0.25, 0.3) is 0 Å². The molecule has 2 aromatic rings. The van der Waals surface area contributed by atoms with Crippen LogP contribution in [0.4, 0.5) is 0 Å². The van der Waals surface area contributed by atoms with E-state index in [4.69, 9.17) is 0 Å². The average Bonchev–Trinajstić information content (AvgIpc) is 2.29. The molecule has 0 amide bonds. The summed E-state index contributed by atoms with van der Waals surface area (Å²) in [5.74, 6) is 0. The standard InChI is InChI=1S/C14H12.Rb.H/c1-3-7-13(8-4-1)11-12-14-9-5-2-6-10-14;;/h1-12H;;. The predicted molar refractivity (Wildman–Crippen MR) is 69.0 cm³/mol. The first-order chi connectivity index (χ1) is 6.95. The molecule has 2 rings (SSSR count). The van der Waals surface area contributed by atoms with E-state index in [1.165, 1.54) is 11.1 Å². The molecule has 0 aliphatic rings. The topological polar surface area (TPSA) is 0 Å². The SMILES string of the molecule is C(=Cc1ccccc1)c1ccccc1.[RbH]. The Bertz CT molecular complexity index is 362. The van der Waals surface area contributed by atoms with E-state index >= 15 is 0 Å². The van der Waals surface area contributed by atoms with Crippen LogP contribution in [0.2, 0.25) is 0 Å². The Kier molecular flexibility index (Phi) is 6.34. The minimum atomic E-state index is 0. The van der Waals surface area contributed by atoms with Crippen molar-refractivity contribution in [1.82, 2.24) is 0 Å². The van der Waals surface area contributed by atoms with Crippen LogP contribution in [0.5, 0.6) is 0 Å². The van der Waals surface area contributed by atoms with Gasteiger partial charge in [-0.1, -0.05) is 72.8 Å². The van der Waals surface area contributed by atoms with Crippen LogP contribution in [0.25, 0.3) is 12.2 Å². The van der Waals surface area contributed by atoms with Gasteiger partial charge in [0.15, 0.2) is 0 Å². The molecule has 0 spiro atoms. The molecule has 0 aromatic heterocycles. The van der Waals surface area contributed by atoms with E-state index in [1.54, 1.807) is 0 Å². The Morgan fingerprint density at radius 2 is 0.867 bits per heavy atom. The maximum absolute atomic E-state index is 2.12. The molecule has 0 N–H and O–H groups in total. The Labute approximate surface area is 140 Å². The van der Waals surface area contributed by atoms with Crippen molar-refractivity contribution >= 4 is 70.3 Å². The molecular weight excluding hydrogens is 254 g/mol. The Balaban J connectivity index is 0.00000112. The third-order valence-electron chi connectivity index (χ3n) is 2.07. The number of hydrogen-bond donors (Lipinski definition) is 0. The van der Waals surface area contributed by atoms with Gasteiger partial charge in [0.05, 0.1) is 0 Å². The van der Waals surface area contributed by atoms with Crippen molar-refractivity contribution in [3.63, 3.8) is 0 Å². The molecular formula is C14H13Rb. The molecule has 0 aliphatic carbocycles. The zero-order valence-corrected chi connectivity index (χ0v) is 7.93. The van der Waals surface area contributed by atoms with E-state index in [0.29, 0.717) is 0 Å². The minimum absolute atomic E-state index is 0. The van der Waals surface area contributed by atoms with Crippen LogP contribution < -0.4 is 0 Å². The molecule has 0 fully saturated rings. The summed E-state index contributed by atoms with van der Waals surface area (Å²) in [6.45, 7) is 0. The van der Waals surface area contributed by atoms with E-state index in [1.807, 2.05) is 36.4 Å². The zero-order valence-electron chi connectivity index (χ0n) is 7.93. The van der Waals surface area contributed by atoms with Crippen molar-refractivity contribution in [2.24, 2.45) is 0 Å². The summed E-state index contributed by atoms with van der Waals surface area (Å²) >= 11 is 0. The summed E-state index contributed by atoms with van der Waals surface area (Å²) in [7, 11) is 0. The van der Waals surface area contributed by atoms with Crippen LogP contribution in [0, 0.1) is 0 Å². The fourth-order valence-corrected chi connectivity index (χ4v) is 1.32. The van der Waals surface area contributed by atoms with Gasteiger partial charge in [0.1, 0.15) is 0 Å². The molecule has 0 saturated heterocycles. The predicted octanol–water partition coefficient (Wildman–Crippen LogP) is 3.21. The van der Waals surface area contributed by atoms with Crippen molar-refractivity contribution in [1.29, 1.82) is 0 Å². The van der Waals surface area contributed by atoms with Gasteiger partial charge in [-0.15, -0.1) is 0 Å². The number of hydrogen-bond acceptors (Lipinski definition) is 0. The Morgan fingerprint density at radius 1 is 0.533 bits per heavy atom. The molecule has 1 heteroatoms. The normalized spacial score (nSPS) is 9.87. The summed E-state index contributed by atoms with van der Waals surface area (Å²) in [4.78, 5) is 0. The van der Waals surface area contributed by atoms with Crippen molar-refractivity contribution in [2.45, 2.75) is 0 Å². The van der Waals surface area contributed by atoms with Gasteiger partial charge in [0, 0.05) is 0 Å². The summed E-state index contributed by atoms with van der Waals surface area (Å²) in [6, 6.07) is 20.6. The third-order valence-corrected chi connectivity index (χ3v) is 2.07. The second-order valence-electron chi connectivity index (χ2n) is 3.15. The van der Waals surface area contributed by atoms with E-state index in [0.717, 1.165) is 0 Å². The zero-order chi connectivity index (χ0) is 9.64. The summed E-state index contributed by atoms with van der Waals surface area (Å²) in [5.41, 5.74) is 2.47. The first kappa shape index (κ1) is 13.1. The van der Waals surface area contributed by atoms with Crippen LogP contribution in [0.3, 0.4) is 0 Å². The number of benzene rings is 2. The fourth-order valence-electron chi connectivity index (χ4n) is 1.32. The van der Waals surface area contributed by atoms with Gasteiger partial charge >= 0.3 is 58.2 Å². The van der Waals surface area contributed by atoms with Crippen LogP contribution >= 0.6 is 0 Å². The van der Waals surface area contributed by atoms with Gasteiger partial charge in [-0.05, 0) is 11.1 Å². The van der Waals surface area contributed by atoms with E-state index in [-0.39, 0.29) is 58.2 Å². The van der Waals surface area contributed by atoms with Crippen molar-refractivity contribution < 1.29 is 0 Å². The molecule has 0 aliphatic heterocycles. The molecule has 70 valence electrons. The van der Waals surface area contributed by atoms with Gasteiger partial charge in [0.2, 0.25) is 0 Å². The van der Waals surface area contributed by atoms with Crippen LogP contribution in [0.1, 0.15) is 11.1 Å². The van der Waals surface area contributed by atoms with E-state index in [2.05, 4.69) is 36.4 Å². The van der Waals surface area contributed by atoms with Crippen LogP contribution in [-0.2, 0) is 0 Å². The molecule has 0 saturated carbocycles. The Hall–Kier alpha value is -0.0148. The molecule has 15 heavy (non-hydrogen) atoms. The van der Waals surface area contributed by atoms with Gasteiger partial charge in [-0.3, -0.25) is 0 Å². The third kappa shape index (κ3) is 4.56. The number of rotatable bonds is 2. The van der Waals surface area contributed by atoms with E-state index in [9.17, 15) is 0 Å². The van der Waals surface area contributed by atoms with Crippen LogP contribution in [-0.4, -0.2) is 58.2 Å². The molecule has 0 heterocycles. The van der Waals surface area contributed by atoms with Gasteiger partial charge in [-0.2, -0.15) is 0 Å². The Morgan fingerprint density at radius 3 is 1.20 bits per heavy atom. The average molecular weight is 267 g/mol. The summed E-state index contributed by atoms with van der Waals surface area (Å²) in [5, 5.41) is 0. The molecule has 2 aromatic carbocycles. The quantitative estimate of drug-likeness (QED) is 0.733. The second-order valence-corrected chi connectivity index (χ2v) is 3.15. The van der Waals surface area contributed by atoms with Crippen molar-refractivity contribution in [3.8, 4) is 0 Å². The molecule has 0 radical (unpaired) electrons. The first-order valence-electron chi connectivity index (χ1n) is 4.73. The monoisotopic (exact) mass is 266 g/mol. The van der Waals surface area contributed by atoms with Gasteiger partial charge in [-0.25, -0.2) is 0 Å². The molecule has 0 unspecified atom stereocenters. The fraction of sp³-hybridized carbons (Fsp3) is 0. The molecule has 0 atom stereocenters. The summed E-state index contributed by atoms with van der Waals surface area (Å²) < 4.78 is 0. The van der Waals surface area contributed by atoms with Crippen molar-refractivity contribution in [3.05, 3.63) is 71.8 Å². The molecule has 0 nitrogen and oxygen atoms in total. The summed E-state index contributed by atoms with van der Waals surface area (Å²) in [6.07, 6.45) is 4.24. The van der Waals surface area contributed by atoms with Crippen molar-refractivity contribution in [2.75, 3.05) is 0 Å².